The van der Waals surface area contributed by atoms with Crippen molar-refractivity contribution in [2.24, 2.45) is 0 Å². The summed E-state index contributed by atoms with van der Waals surface area (Å²) in [7, 11) is 0. The van der Waals surface area contributed by atoms with E-state index in [1.165, 1.54) is 11.8 Å². The second-order valence-corrected chi connectivity index (χ2v) is 7.08. The molecular formula is C15H15N5S2. The minimum Gasteiger partial charge on any atom is -0.360 e. The summed E-state index contributed by atoms with van der Waals surface area (Å²) >= 11 is 3.45. The zero-order valence-electron chi connectivity index (χ0n) is 12.1. The Morgan fingerprint density at radius 1 is 1.27 bits per heavy atom. The predicted octanol–water partition coefficient (Wildman–Crippen LogP) is 3.98. The first-order chi connectivity index (χ1) is 10.9. The molecule has 1 N–H and O–H groups in total. The van der Waals surface area contributed by atoms with Crippen molar-refractivity contribution in [2.75, 3.05) is 5.75 Å². The van der Waals surface area contributed by atoms with Gasteiger partial charge in [-0.3, -0.25) is 0 Å². The second-order valence-electron chi connectivity index (χ2n) is 5.02. The molecule has 3 aromatic heterocycles. The van der Waals surface area contributed by atoms with Gasteiger partial charge in [0.2, 0.25) is 4.96 Å². The Labute approximate surface area is 135 Å². The summed E-state index contributed by atoms with van der Waals surface area (Å²) in [5.74, 6) is 2.91. The Balaban J connectivity index is 1.73. The van der Waals surface area contributed by atoms with Crippen LogP contribution in [0.1, 0.15) is 19.2 Å². The third-order valence-corrected chi connectivity index (χ3v) is 5.55. The van der Waals surface area contributed by atoms with Crippen molar-refractivity contribution >= 4 is 39.0 Å². The van der Waals surface area contributed by atoms with Crippen LogP contribution in [0, 0.1) is 0 Å². The summed E-state index contributed by atoms with van der Waals surface area (Å²) in [5, 5.41) is 15.4. The fraction of sp³-hybridized carbons (Fsp3) is 0.267. The molecule has 0 fully saturated rings. The molecule has 7 heteroatoms. The highest BCUT2D eigenvalue weighted by molar-refractivity contribution is 7.98. The lowest BCUT2D eigenvalue weighted by atomic mass is 10.2. The Morgan fingerprint density at radius 2 is 2.18 bits per heavy atom. The zero-order valence-corrected chi connectivity index (χ0v) is 13.7. The Hall–Kier alpha value is -1.86. The molecule has 0 aliphatic carbocycles. The number of hydrogen-bond acceptors (Lipinski definition) is 5. The Bertz CT molecular complexity index is 920. The normalized spacial score (nSPS) is 11.7. The number of nitrogens with one attached hydrogen (secondary N) is 1. The lowest BCUT2D eigenvalue weighted by molar-refractivity contribution is 0.887. The predicted molar refractivity (Wildman–Crippen MR) is 92.4 cm³/mol. The largest absolute Gasteiger partial charge is 0.360 e. The van der Waals surface area contributed by atoms with Crippen molar-refractivity contribution in [1.29, 1.82) is 0 Å². The average molecular weight is 329 g/mol. The highest BCUT2D eigenvalue weighted by Crippen LogP contribution is 2.31. The number of aromatic nitrogens is 5. The molecule has 4 rings (SSSR count). The van der Waals surface area contributed by atoms with Crippen LogP contribution in [-0.2, 0) is 5.75 Å². The van der Waals surface area contributed by atoms with E-state index in [0.717, 1.165) is 38.4 Å². The fourth-order valence-corrected chi connectivity index (χ4v) is 4.10. The molecule has 0 saturated carbocycles. The van der Waals surface area contributed by atoms with E-state index in [1.807, 2.05) is 34.6 Å². The van der Waals surface area contributed by atoms with E-state index in [4.69, 9.17) is 5.10 Å². The number of thioether (sulfide) groups is 1. The molecule has 0 spiro atoms. The van der Waals surface area contributed by atoms with Crippen LogP contribution in [0.5, 0.6) is 0 Å². The van der Waals surface area contributed by atoms with Gasteiger partial charge in [0.1, 0.15) is 5.01 Å². The number of H-pyrrole nitrogens is 1. The monoisotopic (exact) mass is 329 g/mol. The Kier molecular flexibility index (Phi) is 3.59. The van der Waals surface area contributed by atoms with Crippen LogP contribution in [0.4, 0.5) is 0 Å². The number of nitrogens with zero attached hydrogens (tertiary/aromatic N) is 4. The summed E-state index contributed by atoms with van der Waals surface area (Å²) < 4.78 is 1.88. The molecule has 5 nitrogen and oxygen atoms in total. The molecule has 0 amide bonds. The molecule has 3 heterocycles. The lowest BCUT2D eigenvalue weighted by Gasteiger charge is -1.96. The van der Waals surface area contributed by atoms with Crippen molar-refractivity contribution in [3.05, 3.63) is 36.3 Å². The standard InChI is InChI=1S/C15H15N5S2/c1-2-7-21-9-13-17-18-15-20(13)19-14(22-15)11-8-16-12-6-4-3-5-10(11)12/h3-6,8,16H,2,7,9H2,1H3. The number of fused-ring (bicyclic) bond motifs is 2. The van der Waals surface area contributed by atoms with E-state index in [0.29, 0.717) is 0 Å². The SMILES string of the molecule is CCCSCc1nnc2sc(-c3c[nH]c4ccccc34)nn12. The van der Waals surface area contributed by atoms with Crippen molar-refractivity contribution < 1.29 is 0 Å². The number of aromatic amines is 1. The van der Waals surface area contributed by atoms with Crippen molar-refractivity contribution in [1.82, 2.24) is 24.8 Å². The summed E-state index contributed by atoms with van der Waals surface area (Å²) in [6, 6.07) is 8.27. The minimum absolute atomic E-state index is 0.853. The number of benzene rings is 1. The van der Waals surface area contributed by atoms with Gasteiger partial charge in [-0.2, -0.15) is 21.4 Å². The number of rotatable bonds is 5. The third-order valence-electron chi connectivity index (χ3n) is 3.45. The van der Waals surface area contributed by atoms with Crippen LogP contribution < -0.4 is 0 Å². The van der Waals surface area contributed by atoms with E-state index >= 15 is 0 Å². The molecular weight excluding hydrogens is 314 g/mol. The summed E-state index contributed by atoms with van der Waals surface area (Å²) in [6.45, 7) is 2.18. The van der Waals surface area contributed by atoms with Gasteiger partial charge in [-0.15, -0.1) is 10.2 Å². The maximum Gasteiger partial charge on any atom is 0.235 e. The van der Waals surface area contributed by atoms with Gasteiger partial charge in [-0.1, -0.05) is 36.5 Å². The van der Waals surface area contributed by atoms with Gasteiger partial charge >= 0.3 is 0 Å². The van der Waals surface area contributed by atoms with Gasteiger partial charge in [-0.25, -0.2) is 0 Å². The molecule has 1 aromatic carbocycles. The quantitative estimate of drug-likeness (QED) is 0.563. The first-order valence-corrected chi connectivity index (χ1v) is 9.19. The molecule has 0 unspecified atom stereocenters. The van der Waals surface area contributed by atoms with E-state index in [-0.39, 0.29) is 0 Å². The van der Waals surface area contributed by atoms with Gasteiger partial charge in [0, 0.05) is 22.7 Å². The highest BCUT2D eigenvalue weighted by Gasteiger charge is 2.15. The molecule has 0 bridgehead atoms. The first kappa shape index (κ1) is 13.8. The van der Waals surface area contributed by atoms with Crippen molar-refractivity contribution in [3.8, 4) is 10.6 Å². The van der Waals surface area contributed by atoms with E-state index < -0.39 is 0 Å². The minimum atomic E-state index is 0.853. The molecule has 4 aromatic rings. The number of hydrogen-bond donors (Lipinski definition) is 1. The van der Waals surface area contributed by atoms with Crippen LogP contribution in [0.3, 0.4) is 0 Å². The van der Waals surface area contributed by atoms with Crippen LogP contribution in [0.25, 0.3) is 26.4 Å². The fourth-order valence-electron chi connectivity index (χ4n) is 2.41. The maximum absolute atomic E-state index is 4.72. The average Bonchev–Trinajstić information content (AvgIpc) is 3.21. The van der Waals surface area contributed by atoms with Crippen LogP contribution >= 0.6 is 23.1 Å². The topological polar surface area (TPSA) is 58.9 Å². The van der Waals surface area contributed by atoms with Crippen LogP contribution in [0.15, 0.2) is 30.5 Å². The molecule has 112 valence electrons. The smallest absolute Gasteiger partial charge is 0.235 e. The summed E-state index contributed by atoms with van der Waals surface area (Å²) in [5.41, 5.74) is 2.25. The summed E-state index contributed by atoms with van der Waals surface area (Å²) in [6.07, 6.45) is 3.19. The first-order valence-electron chi connectivity index (χ1n) is 7.22. The van der Waals surface area contributed by atoms with E-state index in [9.17, 15) is 0 Å². The molecule has 22 heavy (non-hydrogen) atoms. The van der Waals surface area contributed by atoms with Gasteiger partial charge in [0.05, 0.1) is 5.75 Å². The number of para-hydroxylation sites is 1. The van der Waals surface area contributed by atoms with Crippen molar-refractivity contribution in [2.45, 2.75) is 19.1 Å². The third kappa shape index (κ3) is 2.30. The second kappa shape index (κ2) is 5.73. The van der Waals surface area contributed by atoms with E-state index in [2.05, 4.69) is 34.2 Å². The molecule has 0 aliphatic rings. The van der Waals surface area contributed by atoms with Crippen LogP contribution in [-0.4, -0.2) is 30.5 Å². The van der Waals surface area contributed by atoms with E-state index in [1.54, 1.807) is 11.3 Å². The molecule has 0 aliphatic heterocycles. The van der Waals surface area contributed by atoms with Gasteiger partial charge in [0.25, 0.3) is 0 Å². The van der Waals surface area contributed by atoms with Gasteiger partial charge in [-0.05, 0) is 18.2 Å². The maximum atomic E-state index is 4.72. The van der Waals surface area contributed by atoms with Gasteiger partial charge in [0.15, 0.2) is 5.82 Å². The lowest BCUT2D eigenvalue weighted by Crippen LogP contribution is -1.94. The van der Waals surface area contributed by atoms with Crippen LogP contribution in [0.2, 0.25) is 0 Å². The zero-order chi connectivity index (χ0) is 14.9. The van der Waals surface area contributed by atoms with Gasteiger partial charge < -0.3 is 4.98 Å². The highest BCUT2D eigenvalue weighted by atomic mass is 32.2. The van der Waals surface area contributed by atoms with Crippen molar-refractivity contribution in [3.63, 3.8) is 0 Å². The molecule has 0 radical (unpaired) electrons. The molecule has 0 saturated heterocycles. The Morgan fingerprint density at radius 3 is 3.09 bits per heavy atom. The summed E-state index contributed by atoms with van der Waals surface area (Å²) in [4.78, 5) is 4.15. The molecule has 0 atom stereocenters.